The Hall–Kier alpha value is -1.23. The molecule has 0 saturated carbocycles. The average molecular weight is 236 g/mol. The number of alkyl halides is 2. The van der Waals surface area contributed by atoms with Crippen LogP contribution in [0.25, 0.3) is 0 Å². The van der Waals surface area contributed by atoms with Gasteiger partial charge >= 0.3 is 5.97 Å². The van der Waals surface area contributed by atoms with Gasteiger partial charge in [-0.3, -0.25) is 4.79 Å². The van der Waals surface area contributed by atoms with Crippen molar-refractivity contribution >= 4 is 17.6 Å². The Labute approximate surface area is 89.7 Å². The monoisotopic (exact) mass is 235 g/mol. The van der Waals surface area contributed by atoms with Gasteiger partial charge in [0.05, 0.1) is 6.42 Å². The molecule has 0 bridgehead atoms. The maximum absolute atomic E-state index is 12.3. The molecule has 1 heterocycles. The smallest absolute Gasteiger partial charge is 0.307 e. The number of pyridine rings is 1. The Morgan fingerprint density at radius 2 is 2.27 bits per heavy atom. The number of aromatic nitrogens is 1. The Bertz CT molecular complexity index is 396. The summed E-state index contributed by atoms with van der Waals surface area (Å²) >= 11 is 5.61. The van der Waals surface area contributed by atoms with Crippen LogP contribution in [0.15, 0.2) is 6.07 Å². The molecule has 3 nitrogen and oxygen atoms in total. The molecule has 0 spiro atoms. The van der Waals surface area contributed by atoms with E-state index in [1.54, 1.807) is 6.92 Å². The fourth-order valence-corrected chi connectivity index (χ4v) is 1.33. The quantitative estimate of drug-likeness (QED) is 0.820. The number of carbonyl (C=O) groups is 1. The lowest BCUT2D eigenvalue weighted by atomic mass is 10.1. The van der Waals surface area contributed by atoms with Crippen molar-refractivity contribution in [3.63, 3.8) is 0 Å². The van der Waals surface area contributed by atoms with Crippen molar-refractivity contribution in [2.45, 2.75) is 19.8 Å². The van der Waals surface area contributed by atoms with Gasteiger partial charge in [0.15, 0.2) is 0 Å². The van der Waals surface area contributed by atoms with Gasteiger partial charge in [-0.15, -0.1) is 0 Å². The van der Waals surface area contributed by atoms with Crippen molar-refractivity contribution in [1.82, 2.24) is 4.98 Å². The second-order valence-corrected chi connectivity index (χ2v) is 3.35. The normalized spacial score (nSPS) is 10.7. The number of hydrogen-bond donors (Lipinski definition) is 1. The van der Waals surface area contributed by atoms with E-state index in [4.69, 9.17) is 16.7 Å². The summed E-state index contributed by atoms with van der Waals surface area (Å²) in [6.07, 6.45) is -3.09. The third-order valence-electron chi connectivity index (χ3n) is 1.91. The molecule has 15 heavy (non-hydrogen) atoms. The van der Waals surface area contributed by atoms with E-state index in [9.17, 15) is 13.6 Å². The first kappa shape index (κ1) is 11.8. The molecular formula is C9H8ClF2NO2. The standard InChI is InChI=1S/C9H8ClF2NO2/c1-4-5(3-7(14)15)2-6(9(11)12)13-8(4)10/h2,9H,3H2,1H3,(H,14,15). The van der Waals surface area contributed by atoms with Crippen LogP contribution in [0.3, 0.4) is 0 Å². The summed E-state index contributed by atoms with van der Waals surface area (Å²) in [6, 6.07) is 1.07. The first-order chi connectivity index (χ1) is 6.91. The molecule has 0 fully saturated rings. The number of hydrogen-bond acceptors (Lipinski definition) is 2. The van der Waals surface area contributed by atoms with Crippen LogP contribution < -0.4 is 0 Å². The molecule has 1 N–H and O–H groups in total. The van der Waals surface area contributed by atoms with Gasteiger partial charge < -0.3 is 5.11 Å². The van der Waals surface area contributed by atoms with Crippen LogP contribution in [-0.4, -0.2) is 16.1 Å². The van der Waals surface area contributed by atoms with E-state index in [1.165, 1.54) is 0 Å². The van der Waals surface area contributed by atoms with Gasteiger partial charge in [-0.05, 0) is 24.1 Å². The highest BCUT2D eigenvalue weighted by atomic mass is 35.5. The molecule has 1 rings (SSSR count). The van der Waals surface area contributed by atoms with Crippen LogP contribution in [0, 0.1) is 6.92 Å². The number of nitrogens with zero attached hydrogens (tertiary/aromatic N) is 1. The fourth-order valence-electron chi connectivity index (χ4n) is 1.11. The largest absolute Gasteiger partial charge is 0.481 e. The number of carboxylic acid groups (broad SMARTS) is 1. The molecule has 1 aromatic rings. The number of halogens is 3. The highest BCUT2D eigenvalue weighted by Crippen LogP contribution is 2.24. The Kier molecular flexibility index (Phi) is 3.57. The fraction of sp³-hybridized carbons (Fsp3) is 0.333. The number of rotatable bonds is 3. The molecule has 1 aromatic heterocycles. The SMILES string of the molecule is Cc1c(CC(=O)O)cc(C(F)F)nc1Cl. The molecule has 0 aliphatic rings. The van der Waals surface area contributed by atoms with Crippen LogP contribution in [0.1, 0.15) is 23.2 Å². The molecule has 0 aromatic carbocycles. The van der Waals surface area contributed by atoms with E-state index in [2.05, 4.69) is 4.98 Å². The first-order valence-corrected chi connectivity index (χ1v) is 4.45. The average Bonchev–Trinajstić information content (AvgIpc) is 2.11. The molecule has 0 atom stereocenters. The summed E-state index contributed by atoms with van der Waals surface area (Å²) < 4.78 is 24.7. The summed E-state index contributed by atoms with van der Waals surface area (Å²) in [5, 5.41) is 8.48. The van der Waals surface area contributed by atoms with Crippen LogP contribution in [0.4, 0.5) is 8.78 Å². The third-order valence-corrected chi connectivity index (χ3v) is 2.27. The molecular weight excluding hydrogens is 228 g/mol. The van der Waals surface area contributed by atoms with E-state index >= 15 is 0 Å². The lowest BCUT2D eigenvalue weighted by molar-refractivity contribution is -0.136. The lowest BCUT2D eigenvalue weighted by Crippen LogP contribution is -2.05. The summed E-state index contributed by atoms with van der Waals surface area (Å²) in [5.74, 6) is -1.10. The van der Waals surface area contributed by atoms with Gasteiger partial charge in [0.25, 0.3) is 6.43 Å². The topological polar surface area (TPSA) is 50.2 Å². The van der Waals surface area contributed by atoms with Crippen molar-refractivity contribution in [2.24, 2.45) is 0 Å². The predicted molar refractivity (Wildman–Crippen MR) is 50.3 cm³/mol. The molecule has 82 valence electrons. The Morgan fingerprint density at radius 1 is 1.67 bits per heavy atom. The van der Waals surface area contributed by atoms with Gasteiger partial charge in [-0.25, -0.2) is 13.8 Å². The minimum absolute atomic E-state index is 0.0796. The highest BCUT2D eigenvalue weighted by molar-refractivity contribution is 6.30. The second-order valence-electron chi connectivity index (χ2n) is 2.99. The van der Waals surface area contributed by atoms with E-state index in [0.29, 0.717) is 5.56 Å². The minimum atomic E-state index is -2.75. The molecule has 0 amide bonds. The Morgan fingerprint density at radius 3 is 2.73 bits per heavy atom. The van der Waals surface area contributed by atoms with Gasteiger partial charge in [0.2, 0.25) is 0 Å². The van der Waals surface area contributed by atoms with Crippen molar-refractivity contribution in [2.75, 3.05) is 0 Å². The maximum Gasteiger partial charge on any atom is 0.307 e. The van der Waals surface area contributed by atoms with E-state index < -0.39 is 18.1 Å². The zero-order chi connectivity index (χ0) is 11.6. The van der Waals surface area contributed by atoms with E-state index in [0.717, 1.165) is 6.07 Å². The summed E-state index contributed by atoms with van der Waals surface area (Å²) in [4.78, 5) is 13.9. The van der Waals surface area contributed by atoms with Gasteiger partial charge in [0, 0.05) is 0 Å². The summed E-state index contributed by atoms with van der Waals surface area (Å²) in [7, 11) is 0. The first-order valence-electron chi connectivity index (χ1n) is 4.07. The van der Waals surface area contributed by atoms with Crippen molar-refractivity contribution in [3.05, 3.63) is 28.0 Å². The molecule has 0 aliphatic heterocycles. The number of aliphatic carboxylic acids is 1. The lowest BCUT2D eigenvalue weighted by Gasteiger charge is -2.07. The second kappa shape index (κ2) is 4.53. The summed E-state index contributed by atoms with van der Waals surface area (Å²) in [5.41, 5.74) is 0.183. The van der Waals surface area contributed by atoms with Gasteiger partial charge in [-0.2, -0.15) is 0 Å². The zero-order valence-corrected chi connectivity index (χ0v) is 8.55. The zero-order valence-electron chi connectivity index (χ0n) is 7.80. The highest BCUT2D eigenvalue weighted by Gasteiger charge is 2.15. The maximum atomic E-state index is 12.3. The summed E-state index contributed by atoms with van der Waals surface area (Å²) in [6.45, 7) is 1.54. The van der Waals surface area contributed by atoms with Crippen molar-refractivity contribution in [1.29, 1.82) is 0 Å². The van der Waals surface area contributed by atoms with Crippen LogP contribution in [0.2, 0.25) is 5.15 Å². The molecule has 0 aliphatic carbocycles. The third kappa shape index (κ3) is 2.86. The molecule has 0 saturated heterocycles. The minimum Gasteiger partial charge on any atom is -0.481 e. The predicted octanol–water partition coefficient (Wildman–Crippen LogP) is 2.61. The Balaban J connectivity index is 3.18. The van der Waals surface area contributed by atoms with Crippen LogP contribution in [-0.2, 0) is 11.2 Å². The molecule has 0 radical (unpaired) electrons. The van der Waals surface area contributed by atoms with Gasteiger partial charge in [-0.1, -0.05) is 11.6 Å². The van der Waals surface area contributed by atoms with E-state index in [-0.39, 0.29) is 17.1 Å². The molecule has 6 heteroatoms. The van der Waals surface area contributed by atoms with Gasteiger partial charge in [0.1, 0.15) is 10.8 Å². The van der Waals surface area contributed by atoms with E-state index in [1.807, 2.05) is 0 Å². The van der Waals surface area contributed by atoms with Crippen molar-refractivity contribution < 1.29 is 18.7 Å². The molecule has 0 unspecified atom stereocenters. The number of carboxylic acids is 1. The van der Waals surface area contributed by atoms with Crippen molar-refractivity contribution in [3.8, 4) is 0 Å². The van der Waals surface area contributed by atoms with Crippen LogP contribution in [0.5, 0.6) is 0 Å². The van der Waals surface area contributed by atoms with Crippen LogP contribution >= 0.6 is 11.6 Å².